The molecule has 3 aromatic rings. The fraction of sp³-hybridized carbons (Fsp3) is 0.111. The number of benzene rings is 2. The van der Waals surface area contributed by atoms with Gasteiger partial charge in [-0.25, -0.2) is 4.79 Å². The molecule has 5 heteroatoms. The van der Waals surface area contributed by atoms with Crippen LogP contribution in [0, 0.1) is 0 Å². The fourth-order valence-electron chi connectivity index (χ4n) is 2.35. The fourth-order valence-corrected chi connectivity index (χ4v) is 2.53. The summed E-state index contributed by atoms with van der Waals surface area (Å²) in [6.07, 6.45) is 0. The van der Waals surface area contributed by atoms with Gasteiger partial charge in [-0.05, 0) is 36.8 Å². The van der Waals surface area contributed by atoms with Gasteiger partial charge >= 0.3 is 5.63 Å². The van der Waals surface area contributed by atoms with Gasteiger partial charge in [-0.15, -0.1) is 0 Å². The van der Waals surface area contributed by atoms with Gasteiger partial charge in [0.2, 0.25) is 0 Å². The number of halogens is 1. The minimum Gasteiger partial charge on any atom is -0.422 e. The van der Waals surface area contributed by atoms with Gasteiger partial charge < -0.3 is 9.73 Å². The van der Waals surface area contributed by atoms with Crippen molar-refractivity contribution in [3.63, 3.8) is 0 Å². The molecule has 0 saturated heterocycles. The van der Waals surface area contributed by atoms with Crippen LogP contribution < -0.4 is 10.9 Å². The van der Waals surface area contributed by atoms with Crippen LogP contribution in [0.2, 0.25) is 5.02 Å². The molecule has 0 aliphatic heterocycles. The molecule has 23 heavy (non-hydrogen) atoms. The van der Waals surface area contributed by atoms with Crippen LogP contribution in [0.1, 0.15) is 28.9 Å². The first-order valence-electron chi connectivity index (χ1n) is 7.14. The SMILES string of the molecule is C[C@H](NC(=O)c1cc2cc(Cl)ccc2oc1=O)c1ccccc1. The van der Waals surface area contributed by atoms with Gasteiger partial charge in [-0.2, -0.15) is 0 Å². The lowest BCUT2D eigenvalue weighted by Crippen LogP contribution is -2.30. The maximum absolute atomic E-state index is 12.4. The summed E-state index contributed by atoms with van der Waals surface area (Å²) in [5.74, 6) is -0.475. The zero-order valence-electron chi connectivity index (χ0n) is 12.4. The molecule has 0 aliphatic rings. The molecule has 0 aliphatic carbocycles. The Balaban J connectivity index is 1.91. The minimum absolute atomic E-state index is 0.0393. The Hall–Kier alpha value is -2.59. The Kier molecular flexibility index (Phi) is 4.17. The quantitative estimate of drug-likeness (QED) is 0.741. The highest BCUT2D eigenvalue weighted by Crippen LogP contribution is 2.19. The van der Waals surface area contributed by atoms with E-state index in [1.54, 1.807) is 18.2 Å². The Morgan fingerprint density at radius 2 is 1.87 bits per heavy atom. The second-order valence-electron chi connectivity index (χ2n) is 5.24. The molecule has 0 bridgehead atoms. The third-order valence-corrected chi connectivity index (χ3v) is 3.82. The number of carbonyl (C=O) groups excluding carboxylic acids is 1. The molecule has 0 fully saturated rings. The third-order valence-electron chi connectivity index (χ3n) is 3.59. The van der Waals surface area contributed by atoms with Crippen molar-refractivity contribution in [1.29, 1.82) is 0 Å². The molecule has 116 valence electrons. The van der Waals surface area contributed by atoms with E-state index in [0.717, 1.165) is 5.56 Å². The maximum Gasteiger partial charge on any atom is 0.349 e. The lowest BCUT2D eigenvalue weighted by atomic mass is 10.1. The first kappa shape index (κ1) is 15.3. The van der Waals surface area contributed by atoms with E-state index in [2.05, 4.69) is 5.32 Å². The van der Waals surface area contributed by atoms with Crippen LogP contribution in [-0.2, 0) is 0 Å². The van der Waals surface area contributed by atoms with E-state index in [1.165, 1.54) is 6.07 Å². The number of rotatable bonds is 3. The molecule has 2 aromatic carbocycles. The zero-order chi connectivity index (χ0) is 16.4. The predicted molar refractivity (Wildman–Crippen MR) is 89.8 cm³/mol. The van der Waals surface area contributed by atoms with Gasteiger partial charge in [0, 0.05) is 10.4 Å². The standard InChI is InChI=1S/C18H14ClNO3/c1-11(12-5-3-2-4-6-12)20-17(21)15-10-13-9-14(19)7-8-16(13)23-18(15)22/h2-11H,1H3,(H,20,21)/t11-/m0/s1. The highest BCUT2D eigenvalue weighted by Gasteiger charge is 2.16. The van der Waals surface area contributed by atoms with Gasteiger partial charge in [0.1, 0.15) is 11.1 Å². The lowest BCUT2D eigenvalue weighted by Gasteiger charge is -2.14. The predicted octanol–water partition coefficient (Wildman–Crippen LogP) is 3.94. The van der Waals surface area contributed by atoms with Crippen LogP contribution in [0.15, 0.2) is 63.8 Å². The molecular weight excluding hydrogens is 314 g/mol. The number of amides is 1. The maximum atomic E-state index is 12.4. The average molecular weight is 328 g/mol. The van der Waals surface area contributed by atoms with Gasteiger partial charge in [0.05, 0.1) is 6.04 Å². The van der Waals surface area contributed by atoms with E-state index in [0.29, 0.717) is 16.0 Å². The number of nitrogens with one attached hydrogen (secondary N) is 1. The van der Waals surface area contributed by atoms with Crippen LogP contribution >= 0.6 is 11.6 Å². The molecule has 1 atom stereocenters. The Morgan fingerprint density at radius 1 is 1.13 bits per heavy atom. The molecule has 0 radical (unpaired) electrons. The zero-order valence-corrected chi connectivity index (χ0v) is 13.1. The lowest BCUT2D eigenvalue weighted by molar-refractivity contribution is 0.0936. The molecule has 0 spiro atoms. The minimum atomic E-state index is -0.669. The second kappa shape index (κ2) is 6.26. The Morgan fingerprint density at radius 3 is 2.61 bits per heavy atom. The Bertz CT molecular complexity index is 918. The first-order valence-corrected chi connectivity index (χ1v) is 7.51. The number of hydrogen-bond acceptors (Lipinski definition) is 3. The summed E-state index contributed by atoms with van der Waals surface area (Å²) < 4.78 is 5.18. The van der Waals surface area contributed by atoms with Crippen molar-refractivity contribution in [2.24, 2.45) is 0 Å². The highest BCUT2D eigenvalue weighted by molar-refractivity contribution is 6.31. The van der Waals surface area contributed by atoms with E-state index in [-0.39, 0.29) is 11.6 Å². The molecule has 0 saturated carbocycles. The van der Waals surface area contributed by atoms with Gasteiger partial charge in [-0.1, -0.05) is 41.9 Å². The first-order chi connectivity index (χ1) is 11.0. The topological polar surface area (TPSA) is 59.3 Å². The van der Waals surface area contributed by atoms with Crippen molar-refractivity contribution in [3.05, 3.63) is 81.2 Å². The smallest absolute Gasteiger partial charge is 0.349 e. The van der Waals surface area contributed by atoms with E-state index in [9.17, 15) is 9.59 Å². The van der Waals surface area contributed by atoms with Gasteiger partial charge in [-0.3, -0.25) is 4.79 Å². The summed E-state index contributed by atoms with van der Waals surface area (Å²) in [5.41, 5.74) is 0.640. The molecule has 1 N–H and O–H groups in total. The third kappa shape index (κ3) is 3.27. The molecule has 0 unspecified atom stereocenters. The van der Waals surface area contributed by atoms with E-state index in [4.69, 9.17) is 16.0 Å². The van der Waals surface area contributed by atoms with Crippen molar-refractivity contribution >= 4 is 28.5 Å². The summed E-state index contributed by atoms with van der Waals surface area (Å²) in [5, 5.41) is 3.92. The van der Waals surface area contributed by atoms with E-state index >= 15 is 0 Å². The molecule has 4 nitrogen and oxygen atoms in total. The molecule has 1 amide bonds. The van der Waals surface area contributed by atoms with Crippen molar-refractivity contribution in [2.75, 3.05) is 0 Å². The summed E-state index contributed by atoms with van der Waals surface area (Å²) in [6, 6.07) is 15.7. The van der Waals surface area contributed by atoms with Gasteiger partial charge in [0.25, 0.3) is 5.91 Å². The van der Waals surface area contributed by atoms with Crippen LogP contribution in [0.3, 0.4) is 0 Å². The van der Waals surface area contributed by atoms with Crippen molar-refractivity contribution in [2.45, 2.75) is 13.0 Å². The van der Waals surface area contributed by atoms with Crippen LogP contribution in [0.5, 0.6) is 0 Å². The summed E-state index contributed by atoms with van der Waals surface area (Å²) >= 11 is 5.93. The average Bonchev–Trinajstić information content (AvgIpc) is 2.55. The van der Waals surface area contributed by atoms with E-state index in [1.807, 2.05) is 37.3 Å². The molecule has 1 heterocycles. The Labute approximate surface area is 137 Å². The normalized spacial score (nSPS) is 12.1. The highest BCUT2D eigenvalue weighted by atomic mass is 35.5. The largest absolute Gasteiger partial charge is 0.422 e. The van der Waals surface area contributed by atoms with Gasteiger partial charge in [0.15, 0.2) is 0 Å². The summed E-state index contributed by atoms with van der Waals surface area (Å²) in [7, 11) is 0. The second-order valence-corrected chi connectivity index (χ2v) is 5.67. The van der Waals surface area contributed by atoms with Crippen molar-refractivity contribution in [1.82, 2.24) is 5.32 Å². The van der Waals surface area contributed by atoms with Crippen LogP contribution in [-0.4, -0.2) is 5.91 Å². The van der Waals surface area contributed by atoms with Crippen LogP contribution in [0.25, 0.3) is 11.0 Å². The van der Waals surface area contributed by atoms with E-state index < -0.39 is 11.5 Å². The number of fused-ring (bicyclic) bond motifs is 1. The van der Waals surface area contributed by atoms with Crippen molar-refractivity contribution in [3.8, 4) is 0 Å². The molecule has 1 aromatic heterocycles. The summed E-state index contributed by atoms with van der Waals surface area (Å²) in [6.45, 7) is 1.85. The number of carbonyl (C=O) groups is 1. The molecular formula is C18H14ClNO3. The van der Waals surface area contributed by atoms with Crippen molar-refractivity contribution < 1.29 is 9.21 Å². The molecule has 3 rings (SSSR count). The van der Waals surface area contributed by atoms with Crippen LogP contribution in [0.4, 0.5) is 0 Å². The monoisotopic (exact) mass is 327 g/mol. The summed E-state index contributed by atoms with van der Waals surface area (Å²) in [4.78, 5) is 24.4. The number of hydrogen-bond donors (Lipinski definition) is 1.